The number of likely N-dealkylation sites (N-methyl/N-ethyl adjacent to an activating group) is 1. The molecule has 1 atom stereocenters. The topological polar surface area (TPSA) is 15.3 Å². The maximum atomic E-state index is 13.5. The molecular weight excluding hydrogens is 262 g/mol. The van der Waals surface area contributed by atoms with Crippen molar-refractivity contribution in [2.24, 2.45) is 0 Å². The molecule has 1 saturated heterocycles. The van der Waals surface area contributed by atoms with E-state index in [4.69, 9.17) is 11.6 Å². The number of halogens is 3. The summed E-state index contributed by atoms with van der Waals surface area (Å²) in [5.41, 5.74) is 0.684. The molecule has 1 unspecified atom stereocenters. The van der Waals surface area contributed by atoms with Gasteiger partial charge in [-0.1, -0.05) is 11.6 Å². The summed E-state index contributed by atoms with van der Waals surface area (Å²) in [6, 6.07) is 5.26. The molecule has 0 amide bonds. The molecule has 1 N–H and O–H groups in total. The Morgan fingerprint density at radius 1 is 1.53 bits per heavy atom. The van der Waals surface area contributed by atoms with Crippen molar-refractivity contribution in [2.75, 3.05) is 20.1 Å². The number of nitrogens with zero attached hydrogens (tertiary/aromatic N) is 1. The van der Waals surface area contributed by atoms with Crippen LogP contribution in [-0.2, 0) is 6.54 Å². The summed E-state index contributed by atoms with van der Waals surface area (Å²) < 4.78 is 13.5. The zero-order chi connectivity index (χ0) is 11.5. The highest BCUT2D eigenvalue weighted by molar-refractivity contribution is 6.30. The van der Waals surface area contributed by atoms with E-state index in [-0.39, 0.29) is 18.2 Å². The Bertz CT molecular complexity index is 374. The van der Waals surface area contributed by atoms with Crippen molar-refractivity contribution in [2.45, 2.75) is 19.0 Å². The number of nitrogens with one attached hydrogen (secondary N) is 1. The monoisotopic (exact) mass is 278 g/mol. The molecule has 1 heterocycles. The van der Waals surface area contributed by atoms with E-state index < -0.39 is 0 Å². The Morgan fingerprint density at radius 2 is 2.29 bits per heavy atom. The minimum Gasteiger partial charge on any atom is -0.316 e. The van der Waals surface area contributed by atoms with E-state index in [1.165, 1.54) is 6.07 Å². The van der Waals surface area contributed by atoms with Crippen molar-refractivity contribution in [3.05, 3.63) is 34.6 Å². The number of hydrogen-bond acceptors (Lipinski definition) is 2. The van der Waals surface area contributed by atoms with Crippen LogP contribution in [0.4, 0.5) is 4.39 Å². The van der Waals surface area contributed by atoms with Crippen LogP contribution in [0, 0.1) is 5.82 Å². The normalized spacial score (nSPS) is 20.3. The summed E-state index contributed by atoms with van der Waals surface area (Å²) in [6.45, 7) is 2.63. The van der Waals surface area contributed by atoms with Gasteiger partial charge in [0.05, 0.1) is 0 Å². The summed E-state index contributed by atoms with van der Waals surface area (Å²) >= 11 is 5.86. The SMILES string of the molecule is CNC1CCN(Cc2cc(Cl)ccc2F)C1.Cl. The molecule has 5 heteroatoms. The van der Waals surface area contributed by atoms with Crippen LogP contribution in [0.15, 0.2) is 18.2 Å². The second-order valence-electron chi connectivity index (χ2n) is 4.25. The lowest BCUT2D eigenvalue weighted by atomic mass is 10.2. The van der Waals surface area contributed by atoms with Crippen LogP contribution >= 0.6 is 24.0 Å². The fourth-order valence-corrected chi connectivity index (χ4v) is 2.31. The molecule has 0 spiro atoms. The van der Waals surface area contributed by atoms with Gasteiger partial charge >= 0.3 is 0 Å². The smallest absolute Gasteiger partial charge is 0.127 e. The maximum Gasteiger partial charge on any atom is 0.127 e. The molecular formula is C12H17Cl2FN2. The van der Waals surface area contributed by atoms with Gasteiger partial charge in [0.25, 0.3) is 0 Å². The average molecular weight is 279 g/mol. The fraction of sp³-hybridized carbons (Fsp3) is 0.500. The van der Waals surface area contributed by atoms with Gasteiger partial charge in [0.1, 0.15) is 5.82 Å². The molecule has 17 heavy (non-hydrogen) atoms. The molecule has 1 aliphatic rings. The molecule has 0 bridgehead atoms. The van der Waals surface area contributed by atoms with Crippen LogP contribution in [0.25, 0.3) is 0 Å². The van der Waals surface area contributed by atoms with E-state index in [9.17, 15) is 4.39 Å². The van der Waals surface area contributed by atoms with Crippen molar-refractivity contribution in [1.82, 2.24) is 10.2 Å². The Hall–Kier alpha value is -0.350. The van der Waals surface area contributed by atoms with Crippen molar-refractivity contribution < 1.29 is 4.39 Å². The molecule has 1 aromatic rings. The first-order valence-corrected chi connectivity index (χ1v) is 5.90. The number of hydrogen-bond donors (Lipinski definition) is 1. The van der Waals surface area contributed by atoms with Crippen LogP contribution in [0.5, 0.6) is 0 Å². The number of benzene rings is 1. The highest BCUT2D eigenvalue weighted by Gasteiger charge is 2.21. The van der Waals surface area contributed by atoms with Crippen molar-refractivity contribution in [3.63, 3.8) is 0 Å². The van der Waals surface area contributed by atoms with Gasteiger partial charge in [0, 0.05) is 36.3 Å². The van der Waals surface area contributed by atoms with E-state index in [1.54, 1.807) is 12.1 Å². The third kappa shape index (κ3) is 3.81. The van der Waals surface area contributed by atoms with Gasteiger partial charge in [-0.15, -0.1) is 12.4 Å². The Kier molecular flexibility index (Phi) is 5.67. The van der Waals surface area contributed by atoms with Gasteiger partial charge in [-0.25, -0.2) is 4.39 Å². The lowest BCUT2D eigenvalue weighted by Crippen LogP contribution is -2.29. The minimum absolute atomic E-state index is 0. The van der Waals surface area contributed by atoms with E-state index in [0.29, 0.717) is 23.2 Å². The van der Waals surface area contributed by atoms with E-state index in [0.717, 1.165) is 19.5 Å². The van der Waals surface area contributed by atoms with E-state index in [2.05, 4.69) is 10.2 Å². The zero-order valence-corrected chi connectivity index (χ0v) is 11.3. The molecule has 1 fully saturated rings. The third-order valence-electron chi connectivity index (χ3n) is 3.08. The van der Waals surface area contributed by atoms with Crippen LogP contribution in [0.2, 0.25) is 5.02 Å². The molecule has 0 aromatic heterocycles. The minimum atomic E-state index is -0.169. The van der Waals surface area contributed by atoms with E-state index >= 15 is 0 Å². The first-order chi connectivity index (χ1) is 7.69. The highest BCUT2D eigenvalue weighted by atomic mass is 35.5. The first-order valence-electron chi connectivity index (χ1n) is 5.52. The lowest BCUT2D eigenvalue weighted by Gasteiger charge is -2.16. The van der Waals surface area contributed by atoms with Gasteiger partial charge in [0.15, 0.2) is 0 Å². The van der Waals surface area contributed by atoms with Gasteiger partial charge in [-0.05, 0) is 31.7 Å². The third-order valence-corrected chi connectivity index (χ3v) is 3.32. The molecule has 0 radical (unpaired) electrons. The quantitative estimate of drug-likeness (QED) is 0.915. The van der Waals surface area contributed by atoms with Crippen molar-refractivity contribution in [1.29, 1.82) is 0 Å². The predicted molar refractivity (Wildman–Crippen MR) is 71.4 cm³/mol. The molecule has 1 aliphatic heterocycles. The second kappa shape index (κ2) is 6.55. The summed E-state index contributed by atoms with van der Waals surface area (Å²) in [5.74, 6) is -0.169. The molecule has 96 valence electrons. The molecule has 0 aliphatic carbocycles. The number of likely N-dealkylation sites (tertiary alicyclic amines) is 1. The molecule has 1 aromatic carbocycles. The molecule has 2 nitrogen and oxygen atoms in total. The van der Waals surface area contributed by atoms with Crippen LogP contribution in [0.3, 0.4) is 0 Å². The molecule has 2 rings (SSSR count). The summed E-state index contributed by atoms with van der Waals surface area (Å²) in [6.07, 6.45) is 1.12. The van der Waals surface area contributed by atoms with Gasteiger partial charge in [-0.2, -0.15) is 0 Å². The second-order valence-corrected chi connectivity index (χ2v) is 4.68. The largest absolute Gasteiger partial charge is 0.316 e. The first kappa shape index (κ1) is 14.7. The van der Waals surface area contributed by atoms with Crippen LogP contribution in [-0.4, -0.2) is 31.1 Å². The lowest BCUT2D eigenvalue weighted by molar-refractivity contribution is 0.317. The summed E-state index contributed by atoms with van der Waals surface area (Å²) in [5, 5.41) is 3.84. The fourth-order valence-electron chi connectivity index (χ4n) is 2.12. The Labute approximate surface area is 113 Å². The standard InChI is InChI=1S/C12H16ClFN2.ClH/c1-15-11-4-5-16(8-11)7-9-6-10(13)2-3-12(9)14;/h2-3,6,11,15H,4-5,7-8H2,1H3;1H. The van der Waals surface area contributed by atoms with Crippen LogP contribution in [0.1, 0.15) is 12.0 Å². The van der Waals surface area contributed by atoms with Gasteiger partial charge in [-0.3, -0.25) is 4.90 Å². The highest BCUT2D eigenvalue weighted by Crippen LogP contribution is 2.19. The van der Waals surface area contributed by atoms with Gasteiger partial charge in [0.2, 0.25) is 0 Å². The number of rotatable bonds is 3. The van der Waals surface area contributed by atoms with Crippen molar-refractivity contribution >= 4 is 24.0 Å². The maximum absolute atomic E-state index is 13.5. The van der Waals surface area contributed by atoms with Gasteiger partial charge < -0.3 is 5.32 Å². The summed E-state index contributed by atoms with van der Waals surface area (Å²) in [7, 11) is 1.97. The summed E-state index contributed by atoms with van der Waals surface area (Å²) in [4.78, 5) is 2.25. The van der Waals surface area contributed by atoms with Crippen LogP contribution < -0.4 is 5.32 Å². The predicted octanol–water partition coefficient (Wildman–Crippen LogP) is 2.69. The Balaban J connectivity index is 0.00000144. The van der Waals surface area contributed by atoms with Crippen molar-refractivity contribution in [3.8, 4) is 0 Å². The Morgan fingerprint density at radius 3 is 2.94 bits per heavy atom. The molecule has 0 saturated carbocycles. The van der Waals surface area contributed by atoms with E-state index in [1.807, 2.05) is 7.05 Å². The average Bonchev–Trinajstić information content (AvgIpc) is 2.71. The zero-order valence-electron chi connectivity index (χ0n) is 9.75.